The van der Waals surface area contributed by atoms with Crippen LogP contribution in [0.2, 0.25) is 0 Å². The van der Waals surface area contributed by atoms with Gasteiger partial charge in [0.2, 0.25) is 0 Å². The lowest BCUT2D eigenvalue weighted by Gasteiger charge is -2.22. The summed E-state index contributed by atoms with van der Waals surface area (Å²) in [6.07, 6.45) is 14.1. The molecule has 0 unspecified atom stereocenters. The molecule has 210 valence electrons. The SMILES string of the molecule is CCN(CC)c1ccc(C(=CC=CC(=C2C=CC(=N)C=C2)c2ccc(N)cc2)c2ccc(N(CC)CC)cc2)cc1. The number of anilines is 3. The lowest BCUT2D eigenvalue weighted by Crippen LogP contribution is -2.21. The molecule has 1 aliphatic carbocycles. The highest BCUT2D eigenvalue weighted by atomic mass is 15.1. The van der Waals surface area contributed by atoms with Gasteiger partial charge in [-0.1, -0.05) is 66.8 Å². The third kappa shape index (κ3) is 7.34. The summed E-state index contributed by atoms with van der Waals surface area (Å²) in [5.74, 6) is 0. The summed E-state index contributed by atoms with van der Waals surface area (Å²) in [4.78, 5) is 4.73. The summed E-state index contributed by atoms with van der Waals surface area (Å²) in [5, 5.41) is 7.92. The fourth-order valence-corrected chi connectivity index (χ4v) is 5.15. The molecule has 3 aromatic carbocycles. The van der Waals surface area contributed by atoms with Crippen molar-refractivity contribution in [1.82, 2.24) is 0 Å². The van der Waals surface area contributed by atoms with E-state index in [2.05, 4.69) is 104 Å². The molecule has 0 aliphatic heterocycles. The lowest BCUT2D eigenvalue weighted by atomic mass is 9.94. The molecule has 0 fully saturated rings. The highest BCUT2D eigenvalue weighted by molar-refractivity contribution is 6.04. The van der Waals surface area contributed by atoms with Gasteiger partial charge in [0.25, 0.3) is 0 Å². The maximum Gasteiger partial charge on any atom is 0.0540 e. The number of nitrogen functional groups attached to an aromatic ring is 1. The predicted molar refractivity (Wildman–Crippen MR) is 180 cm³/mol. The molecule has 1 aliphatic rings. The summed E-state index contributed by atoms with van der Waals surface area (Å²) in [6, 6.07) is 25.7. The van der Waals surface area contributed by atoms with E-state index in [0.29, 0.717) is 5.71 Å². The second-order valence-corrected chi connectivity index (χ2v) is 9.99. The molecular weight excluding hydrogens is 500 g/mol. The van der Waals surface area contributed by atoms with Gasteiger partial charge in [0.05, 0.1) is 5.71 Å². The molecule has 0 amide bonds. The second kappa shape index (κ2) is 14.2. The third-order valence-electron chi connectivity index (χ3n) is 7.56. The van der Waals surface area contributed by atoms with E-state index >= 15 is 0 Å². The highest BCUT2D eigenvalue weighted by Crippen LogP contribution is 2.29. The molecule has 41 heavy (non-hydrogen) atoms. The molecule has 0 radical (unpaired) electrons. The molecule has 0 heterocycles. The van der Waals surface area contributed by atoms with Gasteiger partial charge in [-0.3, -0.25) is 0 Å². The number of hydrogen-bond acceptors (Lipinski definition) is 4. The van der Waals surface area contributed by atoms with Gasteiger partial charge in [-0.15, -0.1) is 0 Å². The Bertz CT molecular complexity index is 1380. The van der Waals surface area contributed by atoms with Crippen molar-refractivity contribution >= 4 is 33.9 Å². The number of allylic oxidation sites excluding steroid dienone is 9. The van der Waals surface area contributed by atoms with Gasteiger partial charge < -0.3 is 20.9 Å². The van der Waals surface area contributed by atoms with E-state index in [-0.39, 0.29) is 0 Å². The zero-order valence-electron chi connectivity index (χ0n) is 24.8. The molecule has 3 N–H and O–H groups in total. The maximum atomic E-state index is 7.92. The molecule has 0 bridgehead atoms. The van der Waals surface area contributed by atoms with Crippen molar-refractivity contribution in [3.8, 4) is 0 Å². The third-order valence-corrected chi connectivity index (χ3v) is 7.56. The molecule has 0 saturated heterocycles. The lowest BCUT2D eigenvalue weighted by molar-refractivity contribution is 0.866. The fourth-order valence-electron chi connectivity index (χ4n) is 5.15. The average molecular weight is 543 g/mol. The normalized spacial score (nSPS) is 12.6. The van der Waals surface area contributed by atoms with Gasteiger partial charge in [-0.2, -0.15) is 0 Å². The molecular formula is C37H42N4. The van der Waals surface area contributed by atoms with Crippen LogP contribution in [0.5, 0.6) is 0 Å². The Morgan fingerprint density at radius 2 is 1.07 bits per heavy atom. The van der Waals surface area contributed by atoms with Gasteiger partial charge in [-0.25, -0.2) is 0 Å². The summed E-state index contributed by atoms with van der Waals surface area (Å²) in [7, 11) is 0. The Morgan fingerprint density at radius 3 is 1.51 bits per heavy atom. The summed E-state index contributed by atoms with van der Waals surface area (Å²) >= 11 is 0. The van der Waals surface area contributed by atoms with Gasteiger partial charge in [0, 0.05) is 43.2 Å². The number of nitrogens with zero attached hydrogens (tertiary/aromatic N) is 2. The van der Waals surface area contributed by atoms with E-state index in [1.54, 1.807) is 0 Å². The molecule has 0 saturated carbocycles. The first kappa shape index (κ1) is 29.4. The van der Waals surface area contributed by atoms with Crippen molar-refractivity contribution in [2.75, 3.05) is 41.7 Å². The molecule has 0 atom stereocenters. The van der Waals surface area contributed by atoms with Crippen molar-refractivity contribution < 1.29 is 0 Å². The van der Waals surface area contributed by atoms with Crippen molar-refractivity contribution in [2.24, 2.45) is 0 Å². The molecule has 4 heteroatoms. The number of hydrogen-bond donors (Lipinski definition) is 2. The Morgan fingerprint density at radius 1 is 0.634 bits per heavy atom. The second-order valence-electron chi connectivity index (χ2n) is 9.99. The Hall–Kier alpha value is -4.57. The summed E-state index contributed by atoms with van der Waals surface area (Å²) in [5.41, 5.74) is 16.4. The Labute approximate surface area is 246 Å². The van der Waals surface area contributed by atoms with E-state index < -0.39 is 0 Å². The predicted octanol–water partition coefficient (Wildman–Crippen LogP) is 8.55. The standard InChI is InChI=1S/C37H42N4/c1-5-40(6-2)34-24-16-30(17-25-34)37(31-18-26-35(27-19-31)41(7-3)8-4)11-9-10-36(28-12-20-32(38)21-13-28)29-14-22-33(39)23-15-29/h9-27,38H,5-8,39H2,1-4H3. The number of nitrogens with two attached hydrogens (primary N) is 1. The van der Waals surface area contributed by atoms with Crippen LogP contribution in [-0.4, -0.2) is 31.9 Å². The van der Waals surface area contributed by atoms with Crippen LogP contribution in [0.15, 0.2) is 121 Å². The van der Waals surface area contributed by atoms with E-state index in [0.717, 1.165) is 54.1 Å². The number of rotatable bonds is 11. The minimum atomic E-state index is 0.498. The van der Waals surface area contributed by atoms with Gasteiger partial charge in [0.1, 0.15) is 0 Å². The highest BCUT2D eigenvalue weighted by Gasteiger charge is 2.10. The van der Waals surface area contributed by atoms with Crippen LogP contribution in [0.3, 0.4) is 0 Å². The monoisotopic (exact) mass is 542 g/mol. The fraction of sp³-hybridized carbons (Fsp3) is 0.216. The van der Waals surface area contributed by atoms with Crippen molar-refractivity contribution in [1.29, 1.82) is 5.41 Å². The zero-order chi connectivity index (χ0) is 29.2. The van der Waals surface area contributed by atoms with Crippen LogP contribution >= 0.6 is 0 Å². The minimum absolute atomic E-state index is 0.498. The van der Waals surface area contributed by atoms with Crippen LogP contribution in [-0.2, 0) is 0 Å². The summed E-state index contributed by atoms with van der Waals surface area (Å²) in [6.45, 7) is 12.7. The molecule has 4 rings (SSSR count). The maximum absolute atomic E-state index is 7.92. The summed E-state index contributed by atoms with van der Waals surface area (Å²) < 4.78 is 0. The quantitative estimate of drug-likeness (QED) is 0.188. The number of benzene rings is 3. The first-order valence-corrected chi connectivity index (χ1v) is 14.6. The largest absolute Gasteiger partial charge is 0.399 e. The van der Waals surface area contributed by atoms with E-state index in [9.17, 15) is 0 Å². The average Bonchev–Trinajstić information content (AvgIpc) is 3.01. The zero-order valence-corrected chi connectivity index (χ0v) is 24.8. The smallest absolute Gasteiger partial charge is 0.0540 e. The van der Waals surface area contributed by atoms with Crippen molar-refractivity contribution in [3.05, 3.63) is 138 Å². The van der Waals surface area contributed by atoms with Gasteiger partial charge in [0.15, 0.2) is 0 Å². The minimum Gasteiger partial charge on any atom is -0.399 e. The number of nitrogens with one attached hydrogen (secondary N) is 1. The van der Waals surface area contributed by atoms with Crippen LogP contribution < -0.4 is 15.5 Å². The topological polar surface area (TPSA) is 56.4 Å². The van der Waals surface area contributed by atoms with Gasteiger partial charge in [-0.05, 0) is 110 Å². The molecule has 3 aromatic rings. The van der Waals surface area contributed by atoms with Crippen LogP contribution in [0.1, 0.15) is 44.4 Å². The van der Waals surface area contributed by atoms with Crippen LogP contribution in [0.25, 0.3) is 11.1 Å². The Balaban J connectivity index is 1.77. The van der Waals surface area contributed by atoms with E-state index in [1.165, 1.54) is 22.5 Å². The van der Waals surface area contributed by atoms with Gasteiger partial charge >= 0.3 is 0 Å². The van der Waals surface area contributed by atoms with Crippen molar-refractivity contribution in [3.63, 3.8) is 0 Å². The van der Waals surface area contributed by atoms with E-state index in [4.69, 9.17) is 11.1 Å². The van der Waals surface area contributed by atoms with Crippen LogP contribution in [0, 0.1) is 5.41 Å². The van der Waals surface area contributed by atoms with Crippen LogP contribution in [0.4, 0.5) is 17.1 Å². The first-order valence-electron chi connectivity index (χ1n) is 14.6. The van der Waals surface area contributed by atoms with Crippen molar-refractivity contribution in [2.45, 2.75) is 27.7 Å². The van der Waals surface area contributed by atoms with E-state index in [1.807, 2.05) is 48.6 Å². The Kier molecular flexibility index (Phi) is 10.2. The molecule has 4 nitrogen and oxygen atoms in total. The molecule has 0 spiro atoms. The first-order chi connectivity index (χ1) is 20.0. The molecule has 0 aromatic heterocycles.